The van der Waals surface area contributed by atoms with Crippen molar-refractivity contribution in [3.63, 3.8) is 0 Å². The lowest BCUT2D eigenvalue weighted by atomic mass is 9.99. The Kier molecular flexibility index (Phi) is 3.85. The van der Waals surface area contributed by atoms with E-state index in [-0.39, 0.29) is 17.2 Å². The van der Waals surface area contributed by atoms with Gasteiger partial charge in [0.1, 0.15) is 11.5 Å². The molecule has 0 radical (unpaired) electrons. The van der Waals surface area contributed by atoms with Gasteiger partial charge >= 0.3 is 0 Å². The highest BCUT2D eigenvalue weighted by Crippen LogP contribution is 2.39. The molecule has 6 N–H and O–H groups in total. The molecule has 0 bridgehead atoms. The van der Waals surface area contributed by atoms with Gasteiger partial charge in [-0.05, 0) is 30.3 Å². The standard InChI is InChI=1S/C19H15N5O3/c20-18(27)17-15(12-3-1-2-4-14(12)26)16-13(9-21-19(16)24-23-17)22-10-5-7-11(25)8-6-10/h1-9,22,25-26H,(H2,20,27)(H,21,24). The summed E-state index contributed by atoms with van der Waals surface area (Å²) in [6, 6.07) is 13.1. The summed E-state index contributed by atoms with van der Waals surface area (Å²) in [5.74, 6) is -0.609. The molecule has 4 aromatic rings. The summed E-state index contributed by atoms with van der Waals surface area (Å²) in [7, 11) is 0. The molecule has 0 saturated heterocycles. The lowest BCUT2D eigenvalue weighted by molar-refractivity contribution is 0.0995. The van der Waals surface area contributed by atoms with Crippen molar-refractivity contribution in [2.24, 2.45) is 5.73 Å². The first-order valence-corrected chi connectivity index (χ1v) is 8.06. The molecule has 2 aromatic heterocycles. The van der Waals surface area contributed by atoms with Crippen LogP contribution in [0.2, 0.25) is 0 Å². The third-order valence-corrected chi connectivity index (χ3v) is 4.15. The van der Waals surface area contributed by atoms with Crippen molar-refractivity contribution < 1.29 is 15.0 Å². The number of para-hydroxylation sites is 1. The molecule has 2 heterocycles. The molecular formula is C19H15N5O3. The van der Waals surface area contributed by atoms with Gasteiger partial charge in [-0.1, -0.05) is 18.2 Å². The average molecular weight is 361 g/mol. The highest BCUT2D eigenvalue weighted by atomic mass is 16.3. The quantitative estimate of drug-likeness (QED) is 0.354. The number of nitrogens with two attached hydrogens (primary N) is 1. The lowest BCUT2D eigenvalue weighted by Crippen LogP contribution is -2.15. The molecule has 0 fully saturated rings. The summed E-state index contributed by atoms with van der Waals surface area (Å²) in [6.07, 6.45) is 1.68. The maximum absolute atomic E-state index is 12.0. The number of benzene rings is 2. The van der Waals surface area contributed by atoms with Crippen LogP contribution < -0.4 is 11.1 Å². The van der Waals surface area contributed by atoms with Crippen molar-refractivity contribution in [3.05, 3.63) is 60.4 Å². The number of hydrogen-bond acceptors (Lipinski definition) is 6. The number of anilines is 2. The molecule has 0 aliphatic heterocycles. The molecule has 8 nitrogen and oxygen atoms in total. The summed E-state index contributed by atoms with van der Waals surface area (Å²) in [5, 5.41) is 31.5. The molecule has 1 amide bonds. The highest BCUT2D eigenvalue weighted by molar-refractivity contribution is 6.11. The number of rotatable bonds is 4. The van der Waals surface area contributed by atoms with Crippen molar-refractivity contribution in [1.82, 2.24) is 15.2 Å². The van der Waals surface area contributed by atoms with Gasteiger partial charge in [-0.25, -0.2) is 0 Å². The monoisotopic (exact) mass is 361 g/mol. The molecule has 0 saturated carbocycles. The zero-order valence-corrected chi connectivity index (χ0v) is 14.0. The Morgan fingerprint density at radius 1 is 1.04 bits per heavy atom. The third kappa shape index (κ3) is 2.89. The number of aromatic hydroxyl groups is 2. The van der Waals surface area contributed by atoms with E-state index in [1.165, 1.54) is 6.07 Å². The number of amides is 1. The van der Waals surface area contributed by atoms with E-state index in [4.69, 9.17) is 5.73 Å². The fourth-order valence-corrected chi connectivity index (χ4v) is 2.93. The molecular weight excluding hydrogens is 346 g/mol. The zero-order chi connectivity index (χ0) is 19.0. The second kappa shape index (κ2) is 6.34. The summed E-state index contributed by atoms with van der Waals surface area (Å²) in [4.78, 5) is 15.0. The molecule has 0 spiro atoms. The van der Waals surface area contributed by atoms with Crippen LogP contribution in [0.1, 0.15) is 10.5 Å². The van der Waals surface area contributed by atoms with Gasteiger partial charge in [0.25, 0.3) is 5.91 Å². The predicted octanol–water partition coefficient (Wildman–Crippen LogP) is 2.88. The van der Waals surface area contributed by atoms with Crippen LogP contribution in [0, 0.1) is 0 Å². The summed E-state index contributed by atoms with van der Waals surface area (Å²) >= 11 is 0. The fraction of sp³-hybridized carbons (Fsp3) is 0. The molecule has 134 valence electrons. The number of hydrogen-bond donors (Lipinski definition) is 5. The summed E-state index contributed by atoms with van der Waals surface area (Å²) in [6.45, 7) is 0. The SMILES string of the molecule is NC(=O)c1nnc2[nH]cc(Nc3ccc(O)cc3)c2c1-c1ccccc1O. The molecule has 0 aliphatic carbocycles. The van der Waals surface area contributed by atoms with Gasteiger partial charge in [0.05, 0.1) is 11.1 Å². The van der Waals surface area contributed by atoms with Crippen molar-refractivity contribution in [2.45, 2.75) is 0 Å². The topological polar surface area (TPSA) is 137 Å². The van der Waals surface area contributed by atoms with E-state index in [0.29, 0.717) is 27.8 Å². The Hall–Kier alpha value is -4.07. The molecule has 0 unspecified atom stereocenters. The van der Waals surface area contributed by atoms with Crippen LogP contribution in [-0.4, -0.2) is 31.3 Å². The van der Waals surface area contributed by atoms with E-state index in [9.17, 15) is 15.0 Å². The number of phenolic OH excluding ortho intramolecular Hbond substituents is 2. The van der Waals surface area contributed by atoms with Crippen LogP contribution in [0.25, 0.3) is 22.2 Å². The lowest BCUT2D eigenvalue weighted by Gasteiger charge is -2.12. The average Bonchev–Trinajstić information content (AvgIpc) is 3.06. The van der Waals surface area contributed by atoms with E-state index >= 15 is 0 Å². The summed E-state index contributed by atoms with van der Waals surface area (Å²) in [5.41, 5.74) is 8.02. The van der Waals surface area contributed by atoms with E-state index < -0.39 is 5.91 Å². The Balaban J connectivity index is 1.97. The Morgan fingerprint density at radius 3 is 2.48 bits per heavy atom. The maximum Gasteiger partial charge on any atom is 0.269 e. The number of nitrogens with one attached hydrogen (secondary N) is 2. The second-order valence-electron chi connectivity index (χ2n) is 5.90. The maximum atomic E-state index is 12.0. The largest absolute Gasteiger partial charge is 0.508 e. The fourth-order valence-electron chi connectivity index (χ4n) is 2.93. The molecule has 4 rings (SSSR count). The first-order valence-electron chi connectivity index (χ1n) is 8.06. The Morgan fingerprint density at radius 2 is 1.78 bits per heavy atom. The molecule has 0 atom stereocenters. The van der Waals surface area contributed by atoms with Gasteiger partial charge < -0.3 is 26.2 Å². The van der Waals surface area contributed by atoms with E-state index in [0.717, 1.165) is 5.69 Å². The van der Waals surface area contributed by atoms with Gasteiger partial charge in [0, 0.05) is 23.0 Å². The third-order valence-electron chi connectivity index (χ3n) is 4.15. The van der Waals surface area contributed by atoms with Crippen molar-refractivity contribution in [3.8, 4) is 22.6 Å². The first-order chi connectivity index (χ1) is 13.0. The number of H-pyrrole nitrogens is 1. The number of primary amides is 1. The number of aromatic amines is 1. The molecule has 0 aliphatic rings. The van der Waals surface area contributed by atoms with Crippen molar-refractivity contribution in [2.75, 3.05) is 5.32 Å². The van der Waals surface area contributed by atoms with Gasteiger partial charge in [-0.2, -0.15) is 0 Å². The smallest absolute Gasteiger partial charge is 0.269 e. The minimum atomic E-state index is -0.751. The van der Waals surface area contributed by atoms with E-state index in [1.54, 1.807) is 48.7 Å². The van der Waals surface area contributed by atoms with Gasteiger partial charge in [-0.3, -0.25) is 4.79 Å². The number of fused-ring (bicyclic) bond motifs is 1. The minimum Gasteiger partial charge on any atom is -0.508 e. The number of carbonyl (C=O) groups excluding carboxylic acids is 1. The van der Waals surface area contributed by atoms with Gasteiger partial charge in [-0.15, -0.1) is 10.2 Å². The van der Waals surface area contributed by atoms with E-state index in [2.05, 4.69) is 20.5 Å². The summed E-state index contributed by atoms with van der Waals surface area (Å²) < 4.78 is 0. The van der Waals surface area contributed by atoms with Gasteiger partial charge in [0.2, 0.25) is 0 Å². The minimum absolute atomic E-state index is 0.00826. The van der Waals surface area contributed by atoms with Crippen LogP contribution in [-0.2, 0) is 0 Å². The van der Waals surface area contributed by atoms with E-state index in [1.807, 2.05) is 0 Å². The van der Waals surface area contributed by atoms with Gasteiger partial charge in [0.15, 0.2) is 11.3 Å². The van der Waals surface area contributed by atoms with Crippen LogP contribution in [0.15, 0.2) is 54.7 Å². The zero-order valence-electron chi connectivity index (χ0n) is 14.0. The predicted molar refractivity (Wildman–Crippen MR) is 101 cm³/mol. The number of aromatic nitrogens is 3. The normalized spacial score (nSPS) is 10.8. The first kappa shape index (κ1) is 16.4. The van der Waals surface area contributed by atoms with Crippen molar-refractivity contribution >= 4 is 28.3 Å². The molecule has 27 heavy (non-hydrogen) atoms. The number of nitrogens with zero attached hydrogens (tertiary/aromatic N) is 2. The van der Waals surface area contributed by atoms with Crippen LogP contribution in [0.4, 0.5) is 11.4 Å². The van der Waals surface area contributed by atoms with Crippen LogP contribution >= 0.6 is 0 Å². The second-order valence-corrected chi connectivity index (χ2v) is 5.90. The van der Waals surface area contributed by atoms with Crippen LogP contribution in [0.3, 0.4) is 0 Å². The Bertz CT molecular complexity index is 1150. The number of phenols is 2. The number of carbonyl (C=O) groups is 1. The van der Waals surface area contributed by atoms with Crippen molar-refractivity contribution in [1.29, 1.82) is 0 Å². The Labute approximate surface area is 153 Å². The highest BCUT2D eigenvalue weighted by Gasteiger charge is 2.22. The molecule has 2 aromatic carbocycles. The molecule has 8 heteroatoms. The van der Waals surface area contributed by atoms with Crippen LogP contribution in [0.5, 0.6) is 11.5 Å².